The van der Waals surface area contributed by atoms with Crippen molar-refractivity contribution in [1.82, 2.24) is 0 Å². The lowest BCUT2D eigenvalue weighted by atomic mass is 10.1. The van der Waals surface area contributed by atoms with E-state index in [0.29, 0.717) is 17.9 Å². The number of amides is 1. The Morgan fingerprint density at radius 2 is 1.61 bits per heavy atom. The summed E-state index contributed by atoms with van der Waals surface area (Å²) >= 11 is 0. The molecule has 5 nitrogen and oxygen atoms in total. The van der Waals surface area contributed by atoms with Gasteiger partial charge in [-0.25, -0.2) is 0 Å². The summed E-state index contributed by atoms with van der Waals surface area (Å²) in [4.78, 5) is 14.8. The molecule has 1 aliphatic rings. The molecule has 0 spiro atoms. The molecule has 0 aliphatic carbocycles. The van der Waals surface area contributed by atoms with E-state index in [1.54, 1.807) is 4.90 Å². The molecule has 3 aromatic rings. The molecular formula is C23H20N4O. The summed E-state index contributed by atoms with van der Waals surface area (Å²) in [5, 5.41) is 8.63. The van der Waals surface area contributed by atoms with Crippen molar-refractivity contribution in [1.29, 1.82) is 0 Å². The fourth-order valence-electron chi connectivity index (χ4n) is 3.19. The molecule has 0 bridgehead atoms. The van der Waals surface area contributed by atoms with E-state index >= 15 is 0 Å². The second kappa shape index (κ2) is 7.48. The van der Waals surface area contributed by atoms with Crippen molar-refractivity contribution >= 4 is 28.7 Å². The molecule has 0 unspecified atom stereocenters. The molecule has 0 radical (unpaired) electrons. The van der Waals surface area contributed by atoms with Crippen molar-refractivity contribution in [3.05, 3.63) is 95.6 Å². The highest BCUT2D eigenvalue weighted by molar-refractivity contribution is 6.54. The van der Waals surface area contributed by atoms with E-state index in [1.807, 2.05) is 85.8 Å². The van der Waals surface area contributed by atoms with E-state index in [1.165, 1.54) is 0 Å². The number of hydrogen-bond donors (Lipinski definition) is 1. The van der Waals surface area contributed by atoms with E-state index in [0.717, 1.165) is 28.1 Å². The van der Waals surface area contributed by atoms with Crippen LogP contribution in [0.2, 0.25) is 0 Å². The molecule has 0 saturated carbocycles. The van der Waals surface area contributed by atoms with Gasteiger partial charge in [0.25, 0.3) is 5.91 Å². The van der Waals surface area contributed by atoms with Crippen LogP contribution in [0.5, 0.6) is 0 Å². The number of para-hydroxylation sites is 1. The van der Waals surface area contributed by atoms with E-state index in [9.17, 15) is 4.79 Å². The highest BCUT2D eigenvalue weighted by Gasteiger charge is 2.33. The first-order valence-corrected chi connectivity index (χ1v) is 9.07. The van der Waals surface area contributed by atoms with Crippen LogP contribution < -0.4 is 10.6 Å². The van der Waals surface area contributed by atoms with Crippen LogP contribution in [-0.4, -0.2) is 17.3 Å². The van der Waals surface area contributed by atoms with Crippen LogP contribution in [0.1, 0.15) is 23.6 Å². The normalized spacial score (nSPS) is 15.2. The molecular weight excluding hydrogens is 348 g/mol. The molecule has 0 atom stereocenters. The molecule has 28 heavy (non-hydrogen) atoms. The molecule has 0 fully saturated rings. The largest absolute Gasteiger partial charge is 0.399 e. The maximum atomic E-state index is 13.1. The number of rotatable bonds is 4. The summed E-state index contributed by atoms with van der Waals surface area (Å²) in [6, 6.07) is 25.0. The van der Waals surface area contributed by atoms with Gasteiger partial charge in [0.2, 0.25) is 0 Å². The van der Waals surface area contributed by atoms with Crippen molar-refractivity contribution in [2.45, 2.75) is 13.5 Å². The van der Waals surface area contributed by atoms with Crippen molar-refractivity contribution in [3.63, 3.8) is 0 Å². The summed E-state index contributed by atoms with van der Waals surface area (Å²) in [6.07, 6.45) is 0. The predicted octanol–water partition coefficient (Wildman–Crippen LogP) is 4.03. The van der Waals surface area contributed by atoms with E-state index in [-0.39, 0.29) is 5.91 Å². The minimum Gasteiger partial charge on any atom is -0.399 e. The van der Waals surface area contributed by atoms with Crippen molar-refractivity contribution in [2.75, 3.05) is 10.6 Å². The molecule has 0 saturated heterocycles. The summed E-state index contributed by atoms with van der Waals surface area (Å²) in [7, 11) is 0. The number of carbonyl (C=O) groups is 1. The SMILES string of the molecule is C/C(=N/N=C1\C(=O)N(Cc2ccccc2)c2ccccc21)c1ccc(N)cc1. The smallest absolute Gasteiger partial charge is 0.279 e. The zero-order chi connectivity index (χ0) is 19.5. The maximum absolute atomic E-state index is 13.1. The zero-order valence-corrected chi connectivity index (χ0v) is 15.5. The van der Waals surface area contributed by atoms with Gasteiger partial charge in [0.05, 0.1) is 17.9 Å². The Morgan fingerprint density at radius 3 is 2.36 bits per heavy atom. The first-order chi connectivity index (χ1) is 13.6. The number of nitrogens with zero attached hydrogens (tertiary/aromatic N) is 3. The van der Waals surface area contributed by atoms with Crippen LogP contribution in [0.3, 0.4) is 0 Å². The third kappa shape index (κ3) is 3.42. The van der Waals surface area contributed by atoms with Crippen LogP contribution in [0.25, 0.3) is 0 Å². The van der Waals surface area contributed by atoms with Crippen LogP contribution in [-0.2, 0) is 11.3 Å². The Morgan fingerprint density at radius 1 is 0.929 bits per heavy atom. The number of anilines is 2. The maximum Gasteiger partial charge on any atom is 0.279 e. The fourth-order valence-corrected chi connectivity index (χ4v) is 3.19. The van der Waals surface area contributed by atoms with Crippen molar-refractivity contribution in [3.8, 4) is 0 Å². The number of hydrogen-bond acceptors (Lipinski definition) is 4. The van der Waals surface area contributed by atoms with Crippen LogP contribution in [0, 0.1) is 0 Å². The number of nitrogen functional groups attached to an aromatic ring is 1. The minimum atomic E-state index is -0.140. The van der Waals surface area contributed by atoms with Gasteiger partial charge in [0.1, 0.15) is 0 Å². The molecule has 5 heteroatoms. The van der Waals surface area contributed by atoms with Crippen molar-refractivity contribution in [2.24, 2.45) is 10.2 Å². The summed E-state index contributed by atoms with van der Waals surface area (Å²) < 4.78 is 0. The third-order valence-corrected chi connectivity index (χ3v) is 4.71. The molecule has 1 amide bonds. The minimum absolute atomic E-state index is 0.140. The van der Waals surface area contributed by atoms with Gasteiger partial charge in [-0.1, -0.05) is 60.7 Å². The Bertz CT molecular complexity index is 1070. The third-order valence-electron chi connectivity index (χ3n) is 4.71. The molecule has 4 rings (SSSR count). The summed E-state index contributed by atoms with van der Waals surface area (Å²) in [6.45, 7) is 2.36. The van der Waals surface area contributed by atoms with Gasteiger partial charge in [0, 0.05) is 11.3 Å². The number of carbonyl (C=O) groups excluding carboxylic acids is 1. The predicted molar refractivity (Wildman–Crippen MR) is 114 cm³/mol. The van der Waals surface area contributed by atoms with Crippen LogP contribution in [0.15, 0.2) is 89.1 Å². The first kappa shape index (κ1) is 17.7. The van der Waals surface area contributed by atoms with Gasteiger partial charge in [0.15, 0.2) is 5.71 Å². The molecule has 138 valence electrons. The van der Waals surface area contributed by atoms with Crippen LogP contribution in [0.4, 0.5) is 11.4 Å². The number of nitrogens with two attached hydrogens (primary N) is 1. The first-order valence-electron chi connectivity index (χ1n) is 9.07. The van der Waals surface area contributed by atoms with Gasteiger partial charge in [-0.05, 0) is 36.2 Å². The van der Waals surface area contributed by atoms with Crippen molar-refractivity contribution < 1.29 is 4.79 Å². The quantitative estimate of drug-likeness (QED) is 0.429. The monoisotopic (exact) mass is 368 g/mol. The van der Waals surface area contributed by atoms with Gasteiger partial charge < -0.3 is 10.6 Å². The molecule has 1 aliphatic heterocycles. The number of fused-ring (bicyclic) bond motifs is 1. The standard InChI is InChI=1S/C23H20N4O/c1-16(18-11-13-19(24)14-12-18)25-26-22-20-9-5-6-10-21(20)27(23(22)28)15-17-7-3-2-4-8-17/h2-14H,15,24H2,1H3/b25-16-,26-22-. The van der Waals surface area contributed by atoms with Gasteiger partial charge >= 0.3 is 0 Å². The van der Waals surface area contributed by atoms with Gasteiger partial charge in [-0.3, -0.25) is 4.79 Å². The second-order valence-electron chi connectivity index (χ2n) is 6.65. The topological polar surface area (TPSA) is 71.0 Å². The summed E-state index contributed by atoms with van der Waals surface area (Å²) in [5.41, 5.74) is 11.1. The molecule has 3 aromatic carbocycles. The molecule has 1 heterocycles. The highest BCUT2D eigenvalue weighted by atomic mass is 16.2. The van der Waals surface area contributed by atoms with E-state index in [4.69, 9.17) is 5.73 Å². The fraction of sp³-hybridized carbons (Fsp3) is 0.0870. The highest BCUT2D eigenvalue weighted by Crippen LogP contribution is 2.30. The zero-order valence-electron chi connectivity index (χ0n) is 15.5. The lowest BCUT2D eigenvalue weighted by molar-refractivity contribution is -0.112. The Balaban J connectivity index is 1.67. The Kier molecular flexibility index (Phi) is 4.72. The van der Waals surface area contributed by atoms with Gasteiger partial charge in [-0.2, -0.15) is 5.10 Å². The van der Waals surface area contributed by atoms with Gasteiger partial charge in [-0.15, -0.1) is 5.10 Å². The molecule has 0 aromatic heterocycles. The lowest BCUT2D eigenvalue weighted by Crippen LogP contribution is -2.29. The Hall–Kier alpha value is -3.73. The second-order valence-corrected chi connectivity index (χ2v) is 6.65. The average molecular weight is 368 g/mol. The summed E-state index contributed by atoms with van der Waals surface area (Å²) in [5.74, 6) is -0.140. The lowest BCUT2D eigenvalue weighted by Gasteiger charge is -2.16. The van der Waals surface area contributed by atoms with E-state index in [2.05, 4.69) is 10.2 Å². The molecule has 2 N–H and O–H groups in total. The average Bonchev–Trinajstić information content (AvgIpc) is 2.99. The van der Waals surface area contributed by atoms with E-state index < -0.39 is 0 Å². The Labute approximate surface area is 163 Å². The number of benzene rings is 3. The van der Waals surface area contributed by atoms with Crippen LogP contribution >= 0.6 is 0 Å².